The first-order valence-electron chi connectivity index (χ1n) is 9.10. The van der Waals surface area contributed by atoms with Crippen LogP contribution in [-0.4, -0.2) is 36.4 Å². The standard InChI is InChI=1S/C20H16N6O3S/c1-26-18(16-8-11-4-2-3-5-15(11)29-16)24-25-20(26)30-10-17(27)21-12-6-7-13-14(9-12)23-19(28)22-13/h2-9H,10H2,1H3,(H,21,27)(H2,22,23,28). The van der Waals surface area contributed by atoms with Crippen LogP contribution in [0.1, 0.15) is 0 Å². The largest absolute Gasteiger partial charge is 0.453 e. The summed E-state index contributed by atoms with van der Waals surface area (Å²) < 4.78 is 7.65. The molecule has 3 aromatic heterocycles. The Kier molecular flexibility index (Phi) is 4.40. The van der Waals surface area contributed by atoms with E-state index in [1.807, 2.05) is 37.4 Å². The average Bonchev–Trinajstić information content (AvgIpc) is 3.41. The number of aromatic amines is 2. The number of hydrogen-bond donors (Lipinski definition) is 3. The van der Waals surface area contributed by atoms with Crippen LogP contribution >= 0.6 is 11.8 Å². The predicted molar refractivity (Wildman–Crippen MR) is 114 cm³/mol. The summed E-state index contributed by atoms with van der Waals surface area (Å²) in [5.41, 5.74) is 2.42. The van der Waals surface area contributed by atoms with E-state index >= 15 is 0 Å². The highest BCUT2D eigenvalue weighted by molar-refractivity contribution is 7.99. The van der Waals surface area contributed by atoms with Crippen molar-refractivity contribution in [2.45, 2.75) is 5.16 Å². The molecule has 3 N–H and O–H groups in total. The molecule has 0 bridgehead atoms. The van der Waals surface area contributed by atoms with Gasteiger partial charge in [-0.1, -0.05) is 30.0 Å². The Hall–Kier alpha value is -3.79. The highest BCUT2D eigenvalue weighted by Gasteiger charge is 2.16. The van der Waals surface area contributed by atoms with Crippen molar-refractivity contribution in [3.05, 3.63) is 59.0 Å². The van der Waals surface area contributed by atoms with E-state index < -0.39 is 0 Å². The zero-order chi connectivity index (χ0) is 20.7. The minimum Gasteiger partial charge on any atom is -0.453 e. The lowest BCUT2D eigenvalue weighted by molar-refractivity contribution is -0.113. The van der Waals surface area contributed by atoms with Crippen molar-refractivity contribution in [2.75, 3.05) is 11.1 Å². The first kappa shape index (κ1) is 18.3. The number of carbonyl (C=O) groups excluding carboxylic acids is 1. The average molecular weight is 420 g/mol. The second kappa shape index (κ2) is 7.23. The van der Waals surface area contributed by atoms with Crippen molar-refractivity contribution in [3.8, 4) is 11.6 Å². The number of imidazole rings is 1. The number of amides is 1. The van der Waals surface area contributed by atoms with Gasteiger partial charge in [0.25, 0.3) is 0 Å². The fraction of sp³-hybridized carbons (Fsp3) is 0.100. The van der Waals surface area contributed by atoms with Crippen molar-refractivity contribution in [2.24, 2.45) is 7.05 Å². The molecule has 5 rings (SSSR count). The molecule has 1 amide bonds. The maximum atomic E-state index is 12.3. The number of thioether (sulfide) groups is 1. The van der Waals surface area contributed by atoms with Gasteiger partial charge >= 0.3 is 5.69 Å². The second-order valence-electron chi connectivity index (χ2n) is 6.69. The van der Waals surface area contributed by atoms with Crippen LogP contribution in [0.25, 0.3) is 33.6 Å². The molecule has 9 nitrogen and oxygen atoms in total. The summed E-state index contributed by atoms with van der Waals surface area (Å²) in [5.74, 6) is 1.19. The molecule has 30 heavy (non-hydrogen) atoms. The molecule has 2 aromatic carbocycles. The van der Waals surface area contributed by atoms with E-state index in [-0.39, 0.29) is 17.3 Å². The van der Waals surface area contributed by atoms with E-state index in [9.17, 15) is 9.59 Å². The Morgan fingerprint density at radius 1 is 1.13 bits per heavy atom. The van der Waals surface area contributed by atoms with Gasteiger partial charge in [0.2, 0.25) is 5.91 Å². The van der Waals surface area contributed by atoms with Crippen LogP contribution in [0.4, 0.5) is 5.69 Å². The van der Waals surface area contributed by atoms with E-state index in [2.05, 4.69) is 25.5 Å². The van der Waals surface area contributed by atoms with Gasteiger partial charge in [-0.2, -0.15) is 0 Å². The summed E-state index contributed by atoms with van der Waals surface area (Å²) in [6.45, 7) is 0. The Bertz CT molecular complexity index is 1410. The van der Waals surface area contributed by atoms with Crippen LogP contribution in [0.15, 0.2) is 62.9 Å². The molecule has 0 aliphatic rings. The number of benzene rings is 2. The van der Waals surface area contributed by atoms with Gasteiger partial charge in [-0.3, -0.25) is 4.79 Å². The summed E-state index contributed by atoms with van der Waals surface area (Å²) in [7, 11) is 1.83. The van der Waals surface area contributed by atoms with Crippen molar-refractivity contribution in [3.63, 3.8) is 0 Å². The second-order valence-corrected chi connectivity index (χ2v) is 7.63. The highest BCUT2D eigenvalue weighted by Crippen LogP contribution is 2.28. The van der Waals surface area contributed by atoms with Crippen molar-refractivity contribution in [1.29, 1.82) is 0 Å². The van der Waals surface area contributed by atoms with Gasteiger partial charge in [0.15, 0.2) is 16.7 Å². The zero-order valence-electron chi connectivity index (χ0n) is 15.8. The van der Waals surface area contributed by atoms with Gasteiger partial charge in [-0.05, 0) is 30.3 Å². The zero-order valence-corrected chi connectivity index (χ0v) is 16.6. The number of nitrogens with zero attached hydrogens (tertiary/aromatic N) is 3. The monoisotopic (exact) mass is 420 g/mol. The molecular weight excluding hydrogens is 404 g/mol. The Balaban J connectivity index is 1.27. The quantitative estimate of drug-likeness (QED) is 0.376. The van der Waals surface area contributed by atoms with Crippen LogP contribution in [0, 0.1) is 0 Å². The third kappa shape index (κ3) is 3.37. The summed E-state index contributed by atoms with van der Waals surface area (Å²) in [6.07, 6.45) is 0. The van der Waals surface area contributed by atoms with Gasteiger partial charge in [0, 0.05) is 18.1 Å². The number of furan rings is 1. The lowest BCUT2D eigenvalue weighted by Gasteiger charge is -2.05. The fourth-order valence-corrected chi connectivity index (χ4v) is 3.90. The number of nitrogens with one attached hydrogen (secondary N) is 3. The molecule has 0 unspecified atom stereocenters. The van der Waals surface area contributed by atoms with Crippen molar-refractivity contribution >= 4 is 45.4 Å². The Morgan fingerprint density at radius 2 is 1.97 bits per heavy atom. The van der Waals surface area contributed by atoms with Gasteiger partial charge in [-0.15, -0.1) is 10.2 Å². The fourth-order valence-electron chi connectivity index (χ4n) is 3.18. The molecule has 10 heteroatoms. The normalized spacial score (nSPS) is 11.4. The number of fused-ring (bicyclic) bond motifs is 2. The number of anilines is 1. The van der Waals surface area contributed by atoms with E-state index in [0.29, 0.717) is 33.5 Å². The Morgan fingerprint density at radius 3 is 2.83 bits per heavy atom. The molecule has 0 fully saturated rings. The molecule has 0 radical (unpaired) electrons. The predicted octanol–water partition coefficient (Wildman–Crippen LogP) is 3.13. The number of para-hydroxylation sites is 1. The van der Waals surface area contributed by atoms with E-state index in [4.69, 9.17) is 4.42 Å². The number of aromatic nitrogens is 5. The molecule has 5 aromatic rings. The maximum Gasteiger partial charge on any atom is 0.323 e. The van der Waals surface area contributed by atoms with E-state index in [0.717, 1.165) is 11.0 Å². The number of rotatable bonds is 5. The first-order valence-corrected chi connectivity index (χ1v) is 10.1. The summed E-state index contributed by atoms with van der Waals surface area (Å²) in [6, 6.07) is 14.8. The number of carbonyl (C=O) groups is 1. The molecule has 0 atom stereocenters. The van der Waals surface area contributed by atoms with Gasteiger partial charge < -0.3 is 24.3 Å². The SMILES string of the molecule is Cn1c(SCC(=O)Nc2ccc3[nH]c(=O)[nH]c3c2)nnc1-c1cc2ccccc2o1. The molecule has 0 aliphatic heterocycles. The van der Waals surface area contributed by atoms with Crippen LogP contribution < -0.4 is 11.0 Å². The van der Waals surface area contributed by atoms with Gasteiger partial charge in [0.05, 0.1) is 16.8 Å². The number of hydrogen-bond acceptors (Lipinski definition) is 6. The van der Waals surface area contributed by atoms with E-state index in [1.54, 1.807) is 22.8 Å². The topological polar surface area (TPSA) is 122 Å². The lowest BCUT2D eigenvalue weighted by Crippen LogP contribution is -2.14. The maximum absolute atomic E-state index is 12.3. The third-order valence-corrected chi connectivity index (χ3v) is 5.63. The summed E-state index contributed by atoms with van der Waals surface area (Å²) in [4.78, 5) is 29.0. The van der Waals surface area contributed by atoms with Crippen LogP contribution in [0.5, 0.6) is 0 Å². The molecule has 150 valence electrons. The Labute approximate surface area is 173 Å². The molecule has 0 aliphatic carbocycles. The molecule has 0 spiro atoms. The van der Waals surface area contributed by atoms with Crippen molar-refractivity contribution < 1.29 is 9.21 Å². The van der Waals surface area contributed by atoms with Crippen LogP contribution in [0.3, 0.4) is 0 Å². The first-order chi connectivity index (χ1) is 14.6. The van der Waals surface area contributed by atoms with E-state index in [1.165, 1.54) is 11.8 Å². The third-order valence-electron chi connectivity index (χ3n) is 4.61. The minimum absolute atomic E-state index is 0.161. The van der Waals surface area contributed by atoms with Gasteiger partial charge in [-0.25, -0.2) is 4.79 Å². The summed E-state index contributed by atoms with van der Waals surface area (Å²) in [5, 5.41) is 12.8. The molecular formula is C20H16N6O3S. The molecule has 0 saturated carbocycles. The van der Waals surface area contributed by atoms with Crippen LogP contribution in [0.2, 0.25) is 0 Å². The number of H-pyrrole nitrogens is 2. The molecule has 3 heterocycles. The van der Waals surface area contributed by atoms with Crippen LogP contribution in [-0.2, 0) is 11.8 Å². The molecule has 0 saturated heterocycles. The highest BCUT2D eigenvalue weighted by atomic mass is 32.2. The lowest BCUT2D eigenvalue weighted by atomic mass is 10.2. The minimum atomic E-state index is -0.286. The van der Waals surface area contributed by atoms with Crippen molar-refractivity contribution in [1.82, 2.24) is 24.7 Å². The summed E-state index contributed by atoms with van der Waals surface area (Å²) >= 11 is 1.28. The smallest absolute Gasteiger partial charge is 0.323 e. The van der Waals surface area contributed by atoms with Gasteiger partial charge in [0.1, 0.15) is 5.58 Å².